The van der Waals surface area contributed by atoms with Crippen LogP contribution < -0.4 is 5.32 Å². The van der Waals surface area contributed by atoms with E-state index in [1.807, 2.05) is 0 Å². The molecule has 6 nitrogen and oxygen atoms in total. The molecular weight excluding hydrogens is 226 g/mol. The second-order valence-electron chi connectivity index (χ2n) is 4.92. The molecule has 0 aromatic rings. The maximum absolute atomic E-state index is 11.4. The molecule has 0 aromatic carbocycles. The second kappa shape index (κ2) is 6.44. The Morgan fingerprint density at radius 1 is 1.29 bits per heavy atom. The minimum Gasteiger partial charge on any atom is -0.480 e. The molecule has 1 amide bonds. The van der Waals surface area contributed by atoms with Crippen LogP contribution >= 0.6 is 0 Å². The van der Waals surface area contributed by atoms with Gasteiger partial charge in [0.25, 0.3) is 0 Å². The fourth-order valence-corrected chi connectivity index (χ4v) is 0.913. The Balaban J connectivity index is 4.26. The van der Waals surface area contributed by atoms with E-state index in [2.05, 4.69) is 5.32 Å². The highest BCUT2D eigenvalue weighted by Crippen LogP contribution is 2.07. The van der Waals surface area contributed by atoms with E-state index in [-0.39, 0.29) is 12.7 Å². The van der Waals surface area contributed by atoms with E-state index in [0.29, 0.717) is 0 Å². The van der Waals surface area contributed by atoms with Crippen LogP contribution in [0.1, 0.15) is 34.6 Å². The molecule has 0 aromatic heterocycles. The smallest absolute Gasteiger partial charge is 0.408 e. The molecule has 0 bridgehead atoms. The summed E-state index contributed by atoms with van der Waals surface area (Å²) in [6, 6.07) is -1.10. The zero-order chi connectivity index (χ0) is 13.6. The summed E-state index contributed by atoms with van der Waals surface area (Å²) < 4.78 is 10.1. The van der Waals surface area contributed by atoms with E-state index < -0.39 is 23.7 Å². The molecule has 0 aliphatic rings. The van der Waals surface area contributed by atoms with Gasteiger partial charge in [0.05, 0.1) is 12.7 Å². The van der Waals surface area contributed by atoms with Gasteiger partial charge in [0.15, 0.2) is 6.04 Å². The largest absolute Gasteiger partial charge is 0.480 e. The highest BCUT2D eigenvalue weighted by molar-refractivity contribution is 5.80. The van der Waals surface area contributed by atoms with Gasteiger partial charge in [-0.15, -0.1) is 0 Å². The SMILES string of the molecule is CC(C)OC[C@@H](NC(=O)OC(C)(C)C)C(=O)O. The van der Waals surface area contributed by atoms with Gasteiger partial charge in [0.1, 0.15) is 5.60 Å². The van der Waals surface area contributed by atoms with Gasteiger partial charge in [-0.05, 0) is 34.6 Å². The van der Waals surface area contributed by atoms with Crippen molar-refractivity contribution in [2.75, 3.05) is 6.61 Å². The number of rotatable bonds is 5. The Kier molecular flexibility index (Phi) is 5.95. The molecule has 17 heavy (non-hydrogen) atoms. The first-order valence-corrected chi connectivity index (χ1v) is 5.45. The summed E-state index contributed by atoms with van der Waals surface area (Å²) in [6.45, 7) is 8.58. The van der Waals surface area contributed by atoms with E-state index >= 15 is 0 Å². The predicted molar refractivity (Wildman–Crippen MR) is 61.9 cm³/mol. The van der Waals surface area contributed by atoms with Gasteiger partial charge in [-0.1, -0.05) is 0 Å². The van der Waals surface area contributed by atoms with E-state index in [0.717, 1.165) is 0 Å². The molecule has 1 atom stereocenters. The number of carbonyl (C=O) groups excluding carboxylic acids is 1. The summed E-state index contributed by atoms with van der Waals surface area (Å²) in [4.78, 5) is 22.2. The molecule has 0 saturated carbocycles. The Bertz CT molecular complexity index is 270. The number of hydrogen-bond acceptors (Lipinski definition) is 4. The fraction of sp³-hybridized carbons (Fsp3) is 0.818. The number of hydrogen-bond donors (Lipinski definition) is 2. The molecule has 0 unspecified atom stereocenters. The number of carbonyl (C=O) groups is 2. The number of alkyl carbamates (subject to hydrolysis) is 1. The van der Waals surface area contributed by atoms with Gasteiger partial charge in [-0.25, -0.2) is 9.59 Å². The minimum atomic E-state index is -1.16. The van der Waals surface area contributed by atoms with E-state index in [1.54, 1.807) is 34.6 Å². The van der Waals surface area contributed by atoms with Gasteiger partial charge < -0.3 is 19.9 Å². The first-order chi connectivity index (χ1) is 7.61. The third-order valence-electron chi connectivity index (χ3n) is 1.59. The van der Waals surface area contributed by atoms with Gasteiger partial charge in [-0.2, -0.15) is 0 Å². The van der Waals surface area contributed by atoms with Gasteiger partial charge >= 0.3 is 12.1 Å². The average Bonchev–Trinajstić information content (AvgIpc) is 2.08. The van der Waals surface area contributed by atoms with E-state index in [9.17, 15) is 9.59 Å². The first kappa shape index (κ1) is 15.7. The maximum atomic E-state index is 11.4. The molecule has 0 saturated heterocycles. The van der Waals surface area contributed by atoms with Crippen LogP contribution in [-0.2, 0) is 14.3 Å². The van der Waals surface area contributed by atoms with Crippen molar-refractivity contribution in [3.05, 3.63) is 0 Å². The van der Waals surface area contributed by atoms with Crippen molar-refractivity contribution >= 4 is 12.1 Å². The highest BCUT2D eigenvalue weighted by Gasteiger charge is 2.24. The molecule has 0 heterocycles. The molecule has 0 aliphatic carbocycles. The predicted octanol–water partition coefficient (Wildman–Crippen LogP) is 1.39. The lowest BCUT2D eigenvalue weighted by atomic mass is 10.2. The summed E-state index contributed by atoms with van der Waals surface area (Å²) in [5, 5.41) is 11.1. The number of carboxylic acids is 1. The van der Waals surface area contributed by atoms with E-state index in [1.165, 1.54) is 0 Å². The molecule has 0 radical (unpaired) electrons. The van der Waals surface area contributed by atoms with Crippen molar-refractivity contribution in [2.24, 2.45) is 0 Å². The molecule has 0 rings (SSSR count). The Morgan fingerprint density at radius 3 is 2.18 bits per heavy atom. The van der Waals surface area contributed by atoms with Crippen LogP contribution in [0.2, 0.25) is 0 Å². The quantitative estimate of drug-likeness (QED) is 0.766. The Hall–Kier alpha value is -1.30. The highest BCUT2D eigenvalue weighted by atomic mass is 16.6. The lowest BCUT2D eigenvalue weighted by molar-refractivity contribution is -0.141. The topological polar surface area (TPSA) is 84.9 Å². The Labute approximate surface area is 101 Å². The average molecular weight is 247 g/mol. The summed E-state index contributed by atoms with van der Waals surface area (Å²) in [7, 11) is 0. The van der Waals surface area contributed by atoms with Crippen LogP contribution in [-0.4, -0.2) is 41.5 Å². The number of aliphatic carboxylic acids is 1. The third kappa shape index (κ3) is 8.50. The summed E-state index contributed by atoms with van der Waals surface area (Å²) >= 11 is 0. The second-order valence-corrected chi connectivity index (χ2v) is 4.92. The normalized spacial score (nSPS) is 13.3. The molecular formula is C11H21NO5. The van der Waals surface area contributed by atoms with Crippen LogP contribution in [0.3, 0.4) is 0 Å². The Morgan fingerprint density at radius 2 is 1.82 bits per heavy atom. The van der Waals surface area contributed by atoms with Crippen LogP contribution in [0.25, 0.3) is 0 Å². The van der Waals surface area contributed by atoms with Crippen LogP contribution in [0.4, 0.5) is 4.79 Å². The number of amides is 1. The number of ether oxygens (including phenoxy) is 2. The summed E-state index contributed by atoms with van der Waals surface area (Å²) in [5.41, 5.74) is -0.661. The molecule has 2 N–H and O–H groups in total. The molecule has 0 spiro atoms. The zero-order valence-electron chi connectivity index (χ0n) is 10.9. The lowest BCUT2D eigenvalue weighted by Gasteiger charge is -2.22. The zero-order valence-corrected chi connectivity index (χ0v) is 10.9. The van der Waals surface area contributed by atoms with Crippen molar-refractivity contribution < 1.29 is 24.2 Å². The van der Waals surface area contributed by atoms with Crippen LogP contribution in [0, 0.1) is 0 Å². The van der Waals surface area contributed by atoms with Crippen molar-refractivity contribution in [2.45, 2.75) is 52.4 Å². The maximum Gasteiger partial charge on any atom is 0.408 e. The van der Waals surface area contributed by atoms with Crippen molar-refractivity contribution in [1.82, 2.24) is 5.32 Å². The molecule has 0 fully saturated rings. The van der Waals surface area contributed by atoms with Crippen molar-refractivity contribution in [3.8, 4) is 0 Å². The third-order valence-corrected chi connectivity index (χ3v) is 1.59. The summed E-state index contributed by atoms with van der Waals surface area (Å²) in [6.07, 6.45) is -0.866. The number of nitrogens with one attached hydrogen (secondary N) is 1. The lowest BCUT2D eigenvalue weighted by Crippen LogP contribution is -2.46. The fourth-order valence-electron chi connectivity index (χ4n) is 0.913. The molecule has 0 aliphatic heterocycles. The van der Waals surface area contributed by atoms with Crippen molar-refractivity contribution in [1.29, 1.82) is 0 Å². The van der Waals surface area contributed by atoms with Crippen LogP contribution in [0.5, 0.6) is 0 Å². The summed E-state index contributed by atoms with van der Waals surface area (Å²) in [5.74, 6) is -1.16. The van der Waals surface area contributed by atoms with E-state index in [4.69, 9.17) is 14.6 Å². The van der Waals surface area contributed by atoms with Gasteiger partial charge in [-0.3, -0.25) is 0 Å². The van der Waals surface area contributed by atoms with Crippen LogP contribution in [0.15, 0.2) is 0 Å². The van der Waals surface area contributed by atoms with Crippen molar-refractivity contribution in [3.63, 3.8) is 0 Å². The van der Waals surface area contributed by atoms with Gasteiger partial charge in [0, 0.05) is 0 Å². The minimum absolute atomic E-state index is 0.0910. The standard InChI is InChI=1S/C11H21NO5/c1-7(2)16-6-8(9(13)14)12-10(15)17-11(3,4)5/h7-8H,6H2,1-5H3,(H,12,15)(H,13,14)/t8-/m1/s1. The molecule has 6 heteroatoms. The monoisotopic (exact) mass is 247 g/mol. The first-order valence-electron chi connectivity index (χ1n) is 5.45. The van der Waals surface area contributed by atoms with Gasteiger partial charge in [0.2, 0.25) is 0 Å². The molecule has 100 valence electrons. The number of carboxylic acid groups (broad SMARTS) is 1.